The first kappa shape index (κ1) is 17.0. The molecule has 0 bridgehead atoms. The predicted octanol–water partition coefficient (Wildman–Crippen LogP) is 2.61. The van der Waals surface area contributed by atoms with Crippen LogP contribution < -0.4 is 16.0 Å². The van der Waals surface area contributed by atoms with Gasteiger partial charge in [-0.2, -0.15) is 5.10 Å². The second kappa shape index (κ2) is 6.73. The number of ether oxygens (including phenoxy) is 1. The molecule has 0 aliphatic rings. The normalized spacial score (nSPS) is 11.0. The van der Waals surface area contributed by atoms with Crippen molar-refractivity contribution in [1.29, 1.82) is 0 Å². The number of carbonyl (C=O) groups is 1. The highest BCUT2D eigenvalue weighted by molar-refractivity contribution is 7.12. The van der Waals surface area contributed by atoms with Crippen LogP contribution in [0.2, 0.25) is 0 Å². The largest absolute Gasteiger partial charge is 0.497 e. The number of benzene rings is 1. The molecule has 4 aromatic rings. The molecule has 136 valence electrons. The number of rotatable bonds is 5. The average molecular weight is 380 g/mol. The summed E-state index contributed by atoms with van der Waals surface area (Å²) in [7, 11) is 1.62. The summed E-state index contributed by atoms with van der Waals surface area (Å²) in [6, 6.07) is 11.2. The van der Waals surface area contributed by atoms with E-state index in [-0.39, 0.29) is 5.56 Å². The first-order valence-corrected chi connectivity index (χ1v) is 9.04. The lowest BCUT2D eigenvalue weighted by Gasteiger charge is -2.05. The van der Waals surface area contributed by atoms with Crippen molar-refractivity contribution in [2.75, 3.05) is 7.11 Å². The second-order valence-corrected chi connectivity index (χ2v) is 6.90. The third kappa shape index (κ3) is 3.11. The van der Waals surface area contributed by atoms with Crippen molar-refractivity contribution < 1.29 is 9.53 Å². The van der Waals surface area contributed by atoms with E-state index in [9.17, 15) is 9.59 Å². The molecule has 0 fully saturated rings. The highest BCUT2D eigenvalue weighted by atomic mass is 32.1. The smallest absolute Gasteiger partial charge is 0.259 e. The zero-order valence-corrected chi connectivity index (χ0v) is 15.2. The lowest BCUT2D eigenvalue weighted by Crippen LogP contribution is -2.08. The summed E-state index contributed by atoms with van der Waals surface area (Å²) < 4.78 is 6.97. The van der Waals surface area contributed by atoms with Gasteiger partial charge < -0.3 is 15.5 Å². The molecule has 1 aromatic carbocycles. The molecular formula is C19H16N4O3S. The summed E-state index contributed by atoms with van der Waals surface area (Å²) in [5.41, 5.74) is 8.09. The number of aromatic nitrogens is 3. The van der Waals surface area contributed by atoms with E-state index >= 15 is 0 Å². The predicted molar refractivity (Wildman–Crippen MR) is 104 cm³/mol. The summed E-state index contributed by atoms with van der Waals surface area (Å²) in [4.78, 5) is 27.0. The SMILES string of the molecule is COc1ccc(Cn2nc(-c3csc(C(N)=O)c3)c3c(=O)[nH]ccc32)cc1. The van der Waals surface area contributed by atoms with Crippen LogP contribution in [0.3, 0.4) is 0 Å². The summed E-state index contributed by atoms with van der Waals surface area (Å²) >= 11 is 1.23. The van der Waals surface area contributed by atoms with Crippen molar-refractivity contribution in [3.63, 3.8) is 0 Å². The van der Waals surface area contributed by atoms with Gasteiger partial charge in [-0.15, -0.1) is 11.3 Å². The van der Waals surface area contributed by atoms with Crippen LogP contribution in [0, 0.1) is 0 Å². The first-order chi connectivity index (χ1) is 13.1. The molecule has 0 aliphatic carbocycles. The molecule has 0 atom stereocenters. The van der Waals surface area contributed by atoms with Crippen LogP contribution in [0.5, 0.6) is 5.75 Å². The van der Waals surface area contributed by atoms with E-state index in [4.69, 9.17) is 10.5 Å². The number of thiophene rings is 1. The van der Waals surface area contributed by atoms with Gasteiger partial charge >= 0.3 is 0 Å². The number of hydrogen-bond acceptors (Lipinski definition) is 5. The molecule has 27 heavy (non-hydrogen) atoms. The van der Waals surface area contributed by atoms with E-state index in [0.717, 1.165) is 16.8 Å². The molecule has 7 nitrogen and oxygen atoms in total. The van der Waals surface area contributed by atoms with E-state index in [1.165, 1.54) is 11.3 Å². The molecular weight excluding hydrogens is 364 g/mol. The van der Waals surface area contributed by atoms with Gasteiger partial charge in [-0.25, -0.2) is 0 Å². The van der Waals surface area contributed by atoms with Crippen LogP contribution in [0.4, 0.5) is 0 Å². The maximum Gasteiger partial charge on any atom is 0.259 e. The van der Waals surface area contributed by atoms with E-state index < -0.39 is 5.91 Å². The Morgan fingerprint density at radius 3 is 2.74 bits per heavy atom. The van der Waals surface area contributed by atoms with Crippen molar-refractivity contribution >= 4 is 28.1 Å². The third-order valence-electron chi connectivity index (χ3n) is 4.28. The number of methoxy groups -OCH3 is 1. The lowest BCUT2D eigenvalue weighted by molar-refractivity contribution is 0.100. The number of primary amides is 1. The van der Waals surface area contributed by atoms with Crippen LogP contribution in [0.15, 0.2) is 52.8 Å². The van der Waals surface area contributed by atoms with Crippen LogP contribution in [-0.2, 0) is 6.54 Å². The van der Waals surface area contributed by atoms with Gasteiger partial charge in [-0.3, -0.25) is 14.3 Å². The van der Waals surface area contributed by atoms with Gasteiger partial charge in [0.2, 0.25) is 0 Å². The highest BCUT2D eigenvalue weighted by Crippen LogP contribution is 2.29. The fourth-order valence-electron chi connectivity index (χ4n) is 2.95. The minimum absolute atomic E-state index is 0.227. The minimum Gasteiger partial charge on any atom is -0.497 e. The Morgan fingerprint density at radius 2 is 2.07 bits per heavy atom. The van der Waals surface area contributed by atoms with Crippen molar-refractivity contribution in [2.45, 2.75) is 6.54 Å². The molecule has 0 unspecified atom stereocenters. The van der Waals surface area contributed by atoms with Gasteiger partial charge in [0.15, 0.2) is 0 Å². The summed E-state index contributed by atoms with van der Waals surface area (Å²) in [6.07, 6.45) is 1.60. The Balaban J connectivity index is 1.82. The fraction of sp³-hybridized carbons (Fsp3) is 0.105. The van der Waals surface area contributed by atoms with Gasteiger partial charge in [-0.1, -0.05) is 12.1 Å². The number of pyridine rings is 1. The fourth-order valence-corrected chi connectivity index (χ4v) is 3.70. The average Bonchev–Trinajstić information content (AvgIpc) is 3.29. The second-order valence-electron chi connectivity index (χ2n) is 5.99. The molecule has 3 heterocycles. The molecule has 3 N–H and O–H groups in total. The number of amides is 1. The Morgan fingerprint density at radius 1 is 1.30 bits per heavy atom. The van der Waals surface area contributed by atoms with Gasteiger partial charge in [0, 0.05) is 17.1 Å². The van der Waals surface area contributed by atoms with Crippen LogP contribution in [0.1, 0.15) is 15.2 Å². The van der Waals surface area contributed by atoms with Gasteiger partial charge in [0.05, 0.1) is 29.4 Å². The van der Waals surface area contributed by atoms with Crippen molar-refractivity contribution in [3.8, 4) is 17.0 Å². The number of nitrogens with two attached hydrogens (primary N) is 1. The summed E-state index contributed by atoms with van der Waals surface area (Å²) in [5.74, 6) is 0.278. The molecule has 3 aromatic heterocycles. The van der Waals surface area contributed by atoms with Gasteiger partial charge in [0.25, 0.3) is 11.5 Å². The Kier molecular flexibility index (Phi) is 4.25. The molecule has 0 saturated heterocycles. The molecule has 0 radical (unpaired) electrons. The number of hydrogen-bond donors (Lipinski definition) is 2. The Bertz CT molecular complexity index is 1190. The summed E-state index contributed by atoms with van der Waals surface area (Å²) in [5, 5.41) is 6.92. The van der Waals surface area contributed by atoms with Crippen molar-refractivity contribution in [1.82, 2.24) is 14.8 Å². The number of aromatic amines is 1. The number of nitrogens with zero attached hydrogens (tertiary/aromatic N) is 2. The van der Waals surface area contributed by atoms with E-state index in [1.54, 1.807) is 29.4 Å². The third-order valence-corrected chi connectivity index (χ3v) is 5.23. The maximum absolute atomic E-state index is 12.4. The highest BCUT2D eigenvalue weighted by Gasteiger charge is 2.18. The molecule has 4 rings (SSSR count). The van der Waals surface area contributed by atoms with E-state index in [2.05, 4.69) is 10.1 Å². The van der Waals surface area contributed by atoms with Gasteiger partial charge in [0.1, 0.15) is 11.4 Å². The van der Waals surface area contributed by atoms with Crippen molar-refractivity contribution in [2.24, 2.45) is 5.73 Å². The first-order valence-electron chi connectivity index (χ1n) is 8.16. The Labute approximate surface area is 158 Å². The lowest BCUT2D eigenvalue weighted by atomic mass is 10.1. The maximum atomic E-state index is 12.4. The molecule has 0 spiro atoms. The number of fused-ring (bicyclic) bond motifs is 1. The van der Waals surface area contributed by atoms with Crippen LogP contribution >= 0.6 is 11.3 Å². The van der Waals surface area contributed by atoms with E-state index in [1.807, 2.05) is 30.3 Å². The zero-order chi connectivity index (χ0) is 19.0. The molecule has 0 saturated carbocycles. The quantitative estimate of drug-likeness (QED) is 0.555. The number of nitrogens with one attached hydrogen (secondary N) is 1. The summed E-state index contributed by atoms with van der Waals surface area (Å²) in [6.45, 7) is 0.497. The van der Waals surface area contributed by atoms with Crippen LogP contribution in [-0.4, -0.2) is 27.8 Å². The monoisotopic (exact) mass is 380 g/mol. The van der Waals surface area contributed by atoms with E-state index in [0.29, 0.717) is 28.1 Å². The zero-order valence-electron chi connectivity index (χ0n) is 14.4. The number of carbonyl (C=O) groups excluding carboxylic acids is 1. The standard InChI is InChI=1S/C19H16N4O3S/c1-26-13-4-2-11(3-5-13)9-23-14-6-7-21-19(25)16(14)17(22-23)12-8-15(18(20)24)27-10-12/h2-8,10H,9H2,1H3,(H2,20,24)(H,21,25). The number of H-pyrrole nitrogens is 1. The topological polar surface area (TPSA) is 103 Å². The molecule has 0 aliphatic heterocycles. The Hall–Kier alpha value is -3.39. The molecule has 1 amide bonds. The molecule has 8 heteroatoms. The van der Waals surface area contributed by atoms with Crippen LogP contribution in [0.25, 0.3) is 22.2 Å². The van der Waals surface area contributed by atoms with Gasteiger partial charge in [-0.05, 0) is 29.8 Å². The van der Waals surface area contributed by atoms with Crippen molar-refractivity contribution in [3.05, 3.63) is 68.8 Å². The minimum atomic E-state index is -0.498.